The number of halogens is 1. The highest BCUT2D eigenvalue weighted by molar-refractivity contribution is 5.97. The number of rotatable bonds is 6. The molecule has 3 aliphatic rings. The molecule has 1 aromatic heterocycles. The molecule has 39 heavy (non-hydrogen) atoms. The summed E-state index contributed by atoms with van der Waals surface area (Å²) in [6.45, 7) is 5.68. The van der Waals surface area contributed by atoms with E-state index < -0.39 is 0 Å². The minimum absolute atomic E-state index is 0.0368. The molecular formula is C32H37FN4O2. The normalized spacial score (nSPS) is 27.8. The summed E-state index contributed by atoms with van der Waals surface area (Å²) in [7, 11) is 0. The average molecular weight is 529 g/mol. The van der Waals surface area contributed by atoms with Crippen molar-refractivity contribution in [3.05, 3.63) is 77.2 Å². The van der Waals surface area contributed by atoms with E-state index in [0.29, 0.717) is 30.5 Å². The predicted octanol–water partition coefficient (Wildman–Crippen LogP) is 5.35. The van der Waals surface area contributed by atoms with E-state index >= 15 is 0 Å². The van der Waals surface area contributed by atoms with Gasteiger partial charge in [0.2, 0.25) is 5.91 Å². The zero-order valence-corrected chi connectivity index (χ0v) is 22.8. The number of pyridine rings is 1. The monoisotopic (exact) mass is 528 g/mol. The lowest BCUT2D eigenvalue weighted by molar-refractivity contribution is -0.131. The fraction of sp³-hybridized carbons (Fsp3) is 0.469. The SMILES string of the molecule is CCC1(NC(=O)c2cnc3ccccc3c2)CC2CC(C)CC(NCC(=O)N3Cc4ccc(F)cc4C3)(C2)C1. The lowest BCUT2D eigenvalue weighted by atomic mass is 9.57. The number of carbonyl (C=O) groups is 2. The van der Waals surface area contributed by atoms with Gasteiger partial charge in [-0.05, 0) is 85.8 Å². The molecule has 2 aromatic carbocycles. The van der Waals surface area contributed by atoms with E-state index in [-0.39, 0.29) is 35.3 Å². The number of nitrogens with zero attached hydrogens (tertiary/aromatic N) is 2. The highest BCUT2D eigenvalue weighted by atomic mass is 19.1. The van der Waals surface area contributed by atoms with E-state index in [1.807, 2.05) is 35.2 Å². The maximum Gasteiger partial charge on any atom is 0.253 e. The first-order valence-corrected chi connectivity index (χ1v) is 14.2. The third-order valence-electron chi connectivity index (χ3n) is 9.28. The van der Waals surface area contributed by atoms with Crippen LogP contribution in [0.25, 0.3) is 10.9 Å². The molecule has 2 bridgehead atoms. The van der Waals surface area contributed by atoms with Crippen LogP contribution in [0, 0.1) is 17.7 Å². The molecule has 3 aromatic rings. The molecule has 4 unspecified atom stereocenters. The molecule has 2 N–H and O–H groups in total. The molecule has 0 radical (unpaired) electrons. The van der Waals surface area contributed by atoms with Gasteiger partial charge in [-0.2, -0.15) is 0 Å². The van der Waals surface area contributed by atoms with Crippen molar-refractivity contribution in [3.63, 3.8) is 0 Å². The van der Waals surface area contributed by atoms with Gasteiger partial charge in [-0.25, -0.2) is 4.39 Å². The summed E-state index contributed by atoms with van der Waals surface area (Å²) < 4.78 is 13.7. The Kier molecular flexibility index (Phi) is 6.66. The van der Waals surface area contributed by atoms with Gasteiger partial charge in [-0.1, -0.05) is 38.1 Å². The van der Waals surface area contributed by atoms with Crippen LogP contribution in [-0.2, 0) is 17.9 Å². The minimum atomic E-state index is -0.344. The van der Waals surface area contributed by atoms with Crippen molar-refractivity contribution in [2.75, 3.05) is 6.54 Å². The van der Waals surface area contributed by atoms with Crippen LogP contribution in [-0.4, -0.2) is 39.3 Å². The topological polar surface area (TPSA) is 74.3 Å². The molecule has 0 spiro atoms. The number of hydrogen-bond donors (Lipinski definition) is 2. The van der Waals surface area contributed by atoms with Crippen molar-refractivity contribution in [2.24, 2.45) is 11.8 Å². The number of amides is 2. The predicted molar refractivity (Wildman–Crippen MR) is 149 cm³/mol. The van der Waals surface area contributed by atoms with Crippen molar-refractivity contribution >= 4 is 22.7 Å². The van der Waals surface area contributed by atoms with Gasteiger partial charge >= 0.3 is 0 Å². The Morgan fingerprint density at radius 2 is 1.90 bits per heavy atom. The van der Waals surface area contributed by atoms with E-state index in [4.69, 9.17) is 0 Å². The Bertz CT molecular complexity index is 1420. The second-order valence-electron chi connectivity index (χ2n) is 12.3. The van der Waals surface area contributed by atoms with E-state index in [1.165, 1.54) is 12.1 Å². The molecule has 6 nitrogen and oxygen atoms in total. The summed E-state index contributed by atoms with van der Waals surface area (Å²) in [5, 5.41) is 8.10. The van der Waals surface area contributed by atoms with Gasteiger partial charge in [0.05, 0.1) is 17.6 Å². The van der Waals surface area contributed by atoms with E-state index in [2.05, 4.69) is 29.5 Å². The number of hydrogen-bond acceptors (Lipinski definition) is 4. The highest BCUT2D eigenvalue weighted by Gasteiger charge is 2.51. The van der Waals surface area contributed by atoms with Gasteiger partial charge in [-0.15, -0.1) is 0 Å². The van der Waals surface area contributed by atoms with Gasteiger partial charge in [0.25, 0.3) is 5.91 Å². The number of nitrogens with one attached hydrogen (secondary N) is 2. The minimum Gasteiger partial charge on any atom is -0.346 e. The van der Waals surface area contributed by atoms with Crippen LogP contribution in [0.15, 0.2) is 54.7 Å². The summed E-state index contributed by atoms with van der Waals surface area (Å²) in [6.07, 6.45) is 7.38. The molecule has 4 atom stereocenters. The first kappa shape index (κ1) is 25.9. The summed E-state index contributed by atoms with van der Waals surface area (Å²) in [5.74, 6) is 0.729. The number of benzene rings is 2. The highest BCUT2D eigenvalue weighted by Crippen LogP contribution is 2.50. The Morgan fingerprint density at radius 3 is 2.74 bits per heavy atom. The van der Waals surface area contributed by atoms with Gasteiger partial charge in [0, 0.05) is 35.8 Å². The lowest BCUT2D eigenvalue weighted by Gasteiger charge is -2.56. The van der Waals surface area contributed by atoms with Gasteiger partial charge in [0.1, 0.15) is 5.82 Å². The van der Waals surface area contributed by atoms with Crippen LogP contribution >= 0.6 is 0 Å². The van der Waals surface area contributed by atoms with Crippen LogP contribution in [0.2, 0.25) is 0 Å². The van der Waals surface area contributed by atoms with Crippen molar-refractivity contribution in [1.82, 2.24) is 20.5 Å². The molecule has 6 rings (SSSR count). The van der Waals surface area contributed by atoms with Crippen molar-refractivity contribution < 1.29 is 14.0 Å². The molecule has 2 amide bonds. The third kappa shape index (κ3) is 5.17. The fourth-order valence-electron chi connectivity index (χ4n) is 7.69. The fourth-order valence-corrected chi connectivity index (χ4v) is 7.69. The molecule has 2 saturated carbocycles. The van der Waals surface area contributed by atoms with Crippen LogP contribution in [0.4, 0.5) is 4.39 Å². The zero-order valence-electron chi connectivity index (χ0n) is 22.8. The molecule has 204 valence electrons. The van der Waals surface area contributed by atoms with Gasteiger partial charge < -0.3 is 15.5 Å². The third-order valence-corrected chi connectivity index (χ3v) is 9.28. The number of aromatic nitrogens is 1. The summed E-state index contributed by atoms with van der Waals surface area (Å²) in [4.78, 5) is 33.1. The first-order chi connectivity index (χ1) is 18.8. The maximum absolute atomic E-state index is 13.7. The van der Waals surface area contributed by atoms with E-state index in [9.17, 15) is 14.0 Å². The molecule has 1 aliphatic heterocycles. The molecular weight excluding hydrogens is 491 g/mol. The Labute approximate surface area is 229 Å². The Morgan fingerprint density at radius 1 is 1.08 bits per heavy atom. The summed E-state index contributed by atoms with van der Waals surface area (Å²) >= 11 is 0. The Hall–Kier alpha value is -3.32. The van der Waals surface area contributed by atoms with Gasteiger partial charge in [-0.3, -0.25) is 14.6 Å². The first-order valence-electron chi connectivity index (χ1n) is 14.2. The second-order valence-corrected chi connectivity index (χ2v) is 12.3. The second kappa shape index (κ2) is 10.0. The lowest BCUT2D eigenvalue weighted by Crippen LogP contribution is -2.65. The summed E-state index contributed by atoms with van der Waals surface area (Å²) in [5.41, 5.74) is 2.81. The Balaban J connectivity index is 1.18. The zero-order chi connectivity index (χ0) is 27.2. The maximum atomic E-state index is 13.7. The average Bonchev–Trinajstić information content (AvgIpc) is 3.34. The van der Waals surface area contributed by atoms with Gasteiger partial charge in [0.15, 0.2) is 0 Å². The quantitative estimate of drug-likeness (QED) is 0.452. The molecule has 2 heterocycles. The van der Waals surface area contributed by atoms with Crippen molar-refractivity contribution in [1.29, 1.82) is 0 Å². The van der Waals surface area contributed by atoms with Crippen molar-refractivity contribution in [3.8, 4) is 0 Å². The smallest absolute Gasteiger partial charge is 0.253 e. The largest absolute Gasteiger partial charge is 0.346 e. The van der Waals surface area contributed by atoms with E-state index in [1.54, 1.807) is 12.3 Å². The number of carbonyl (C=O) groups excluding carboxylic acids is 2. The van der Waals surface area contributed by atoms with Crippen LogP contribution in [0.3, 0.4) is 0 Å². The molecule has 7 heteroatoms. The van der Waals surface area contributed by atoms with Crippen LogP contribution < -0.4 is 10.6 Å². The van der Waals surface area contributed by atoms with Crippen molar-refractivity contribution in [2.45, 2.75) is 76.5 Å². The molecule has 0 saturated heterocycles. The number of fused-ring (bicyclic) bond motifs is 4. The van der Waals surface area contributed by atoms with E-state index in [0.717, 1.165) is 60.6 Å². The number of para-hydroxylation sites is 1. The standard InChI is InChI=1S/C32H37FN4O2/c1-3-31(36-30(39)25-11-23-6-4-5-7-28(23)34-16-25)14-22-10-21(2)13-32(15-22,20-31)35-17-29(38)37-18-24-8-9-27(33)12-26(24)19-37/h4-9,11-12,16,21-22,35H,3,10,13-15,17-20H2,1-2H3,(H,36,39). The van der Waals surface area contributed by atoms with Crippen LogP contribution in [0.5, 0.6) is 0 Å². The van der Waals surface area contributed by atoms with Crippen LogP contribution in [0.1, 0.15) is 73.9 Å². The molecule has 2 aliphatic carbocycles. The summed E-state index contributed by atoms with van der Waals surface area (Å²) in [6, 6.07) is 14.5. The molecule has 2 fully saturated rings.